The lowest BCUT2D eigenvalue weighted by Gasteiger charge is -2.27. The Morgan fingerprint density at radius 2 is 1.52 bits per heavy atom. The highest BCUT2D eigenvalue weighted by atomic mass is 16.4. The zero-order valence-corrected chi connectivity index (χ0v) is 17.3. The van der Waals surface area contributed by atoms with Crippen LogP contribution in [0.2, 0.25) is 0 Å². The summed E-state index contributed by atoms with van der Waals surface area (Å²) >= 11 is 0. The van der Waals surface area contributed by atoms with E-state index in [2.05, 4.69) is 16.0 Å². The van der Waals surface area contributed by atoms with Gasteiger partial charge < -0.3 is 41.7 Å². The molecule has 1 aliphatic rings. The number of hydrogen-bond acceptors (Lipinski definition) is 8. The molecule has 0 spiro atoms. The zero-order chi connectivity index (χ0) is 23.7. The van der Waals surface area contributed by atoms with Crippen molar-refractivity contribution in [2.75, 3.05) is 6.54 Å². The third-order valence-electron chi connectivity index (χ3n) is 4.77. The number of carboxylic acid groups (broad SMARTS) is 2. The van der Waals surface area contributed by atoms with Gasteiger partial charge in [0.1, 0.15) is 12.1 Å². The third kappa shape index (κ3) is 8.47. The summed E-state index contributed by atoms with van der Waals surface area (Å²) in [5, 5.41) is 47.0. The van der Waals surface area contributed by atoms with Crippen molar-refractivity contribution in [1.29, 1.82) is 0 Å². The molecule has 0 aromatic heterocycles. The topological polar surface area (TPSA) is 214 Å². The highest BCUT2D eigenvalue weighted by Gasteiger charge is 2.34. The smallest absolute Gasteiger partial charge is 0.328 e. The van der Waals surface area contributed by atoms with Crippen LogP contribution >= 0.6 is 0 Å². The fourth-order valence-electron chi connectivity index (χ4n) is 3.01. The Morgan fingerprint density at radius 1 is 0.935 bits per heavy atom. The molecule has 1 rings (SSSR count). The van der Waals surface area contributed by atoms with Gasteiger partial charge in [0.2, 0.25) is 17.7 Å². The monoisotopic (exact) mass is 446 g/mol. The molecular weight excluding hydrogens is 416 g/mol. The van der Waals surface area contributed by atoms with Crippen LogP contribution in [0.25, 0.3) is 0 Å². The van der Waals surface area contributed by atoms with E-state index in [9.17, 15) is 34.2 Å². The molecule has 0 aromatic carbocycles. The number of rotatable bonds is 12. The SMILES string of the molecule is CC(O)C(NC(=O)C(NC(=O)C(CCC(=O)O)NC(=O)C1CCCN1)C(C)O)C(=O)O. The third-order valence-corrected chi connectivity index (χ3v) is 4.77. The van der Waals surface area contributed by atoms with Gasteiger partial charge >= 0.3 is 11.9 Å². The summed E-state index contributed by atoms with van der Waals surface area (Å²) in [6.45, 7) is 2.95. The predicted octanol–water partition coefficient (Wildman–Crippen LogP) is -3.10. The van der Waals surface area contributed by atoms with E-state index in [1.807, 2.05) is 5.32 Å². The molecule has 6 unspecified atom stereocenters. The number of aliphatic carboxylic acids is 2. The predicted molar refractivity (Wildman–Crippen MR) is 105 cm³/mol. The second-order valence-electron chi connectivity index (χ2n) is 7.43. The molecule has 1 aliphatic heterocycles. The highest BCUT2D eigenvalue weighted by molar-refractivity contribution is 5.94. The second-order valence-corrected chi connectivity index (χ2v) is 7.43. The van der Waals surface area contributed by atoms with Crippen LogP contribution in [0.4, 0.5) is 0 Å². The molecule has 13 nitrogen and oxygen atoms in total. The number of carboxylic acids is 2. The minimum atomic E-state index is -1.68. The van der Waals surface area contributed by atoms with Crippen LogP contribution in [0, 0.1) is 0 Å². The Labute approximate surface area is 178 Å². The maximum Gasteiger partial charge on any atom is 0.328 e. The highest BCUT2D eigenvalue weighted by Crippen LogP contribution is 2.07. The number of carbonyl (C=O) groups excluding carboxylic acids is 3. The van der Waals surface area contributed by atoms with Gasteiger partial charge in [-0.05, 0) is 39.7 Å². The van der Waals surface area contributed by atoms with Crippen molar-refractivity contribution in [1.82, 2.24) is 21.3 Å². The molecule has 0 radical (unpaired) electrons. The molecule has 0 saturated carbocycles. The van der Waals surface area contributed by atoms with Gasteiger partial charge in [0, 0.05) is 6.42 Å². The fraction of sp³-hybridized carbons (Fsp3) is 0.722. The van der Waals surface area contributed by atoms with Crippen LogP contribution in [-0.4, -0.2) is 93.0 Å². The van der Waals surface area contributed by atoms with Crippen molar-refractivity contribution in [3.05, 3.63) is 0 Å². The minimum Gasteiger partial charge on any atom is -0.481 e. The molecule has 0 bridgehead atoms. The Bertz CT molecular complexity index is 677. The largest absolute Gasteiger partial charge is 0.481 e. The normalized spacial score (nSPS) is 20.6. The van der Waals surface area contributed by atoms with E-state index in [-0.39, 0.29) is 6.42 Å². The zero-order valence-electron chi connectivity index (χ0n) is 17.3. The van der Waals surface area contributed by atoms with Crippen LogP contribution in [0.3, 0.4) is 0 Å². The fourth-order valence-corrected chi connectivity index (χ4v) is 3.01. The maximum atomic E-state index is 12.7. The molecular formula is C18H30N4O9. The average molecular weight is 446 g/mol. The molecule has 176 valence electrons. The van der Waals surface area contributed by atoms with Crippen molar-refractivity contribution >= 4 is 29.7 Å². The molecule has 31 heavy (non-hydrogen) atoms. The minimum absolute atomic E-state index is 0.265. The van der Waals surface area contributed by atoms with Gasteiger partial charge in [-0.1, -0.05) is 0 Å². The van der Waals surface area contributed by atoms with Crippen molar-refractivity contribution in [2.24, 2.45) is 0 Å². The summed E-state index contributed by atoms with van der Waals surface area (Å²) in [6.07, 6.45) is -2.30. The van der Waals surface area contributed by atoms with E-state index in [4.69, 9.17) is 10.2 Å². The Kier molecular flexibility index (Phi) is 10.3. The Balaban J connectivity index is 2.90. The first-order valence-corrected chi connectivity index (χ1v) is 9.89. The quantitative estimate of drug-likeness (QED) is 0.151. The lowest BCUT2D eigenvalue weighted by molar-refractivity contribution is -0.146. The van der Waals surface area contributed by atoms with Gasteiger partial charge in [0.05, 0.1) is 18.2 Å². The van der Waals surface area contributed by atoms with Gasteiger partial charge in [0.25, 0.3) is 0 Å². The number of aliphatic hydroxyl groups is 2. The molecule has 1 saturated heterocycles. The van der Waals surface area contributed by atoms with Gasteiger partial charge in [-0.15, -0.1) is 0 Å². The summed E-state index contributed by atoms with van der Waals surface area (Å²) in [6, 6.07) is -5.12. The summed E-state index contributed by atoms with van der Waals surface area (Å²) in [5.41, 5.74) is 0. The number of aliphatic hydroxyl groups excluding tert-OH is 2. The molecule has 1 fully saturated rings. The molecule has 1 heterocycles. The van der Waals surface area contributed by atoms with Crippen LogP contribution < -0.4 is 21.3 Å². The van der Waals surface area contributed by atoms with Gasteiger partial charge in [-0.2, -0.15) is 0 Å². The van der Waals surface area contributed by atoms with Crippen molar-refractivity contribution in [3.8, 4) is 0 Å². The number of hydrogen-bond donors (Lipinski definition) is 8. The lowest BCUT2D eigenvalue weighted by Crippen LogP contribution is -2.60. The number of nitrogens with one attached hydrogen (secondary N) is 4. The first kappa shape index (κ1) is 26.3. The summed E-state index contributed by atoms with van der Waals surface area (Å²) in [7, 11) is 0. The van der Waals surface area contributed by atoms with E-state index >= 15 is 0 Å². The number of carbonyl (C=O) groups is 5. The maximum absolute atomic E-state index is 12.7. The van der Waals surface area contributed by atoms with Crippen LogP contribution in [0.1, 0.15) is 39.5 Å². The van der Waals surface area contributed by atoms with Crippen molar-refractivity contribution in [3.63, 3.8) is 0 Å². The van der Waals surface area contributed by atoms with E-state index in [1.165, 1.54) is 6.92 Å². The summed E-state index contributed by atoms with van der Waals surface area (Å²) < 4.78 is 0. The molecule has 8 N–H and O–H groups in total. The van der Waals surface area contributed by atoms with E-state index < -0.39 is 72.5 Å². The summed E-state index contributed by atoms with van der Waals surface area (Å²) in [4.78, 5) is 59.5. The van der Waals surface area contributed by atoms with E-state index in [1.54, 1.807) is 0 Å². The molecule has 6 atom stereocenters. The average Bonchev–Trinajstić information content (AvgIpc) is 3.20. The van der Waals surface area contributed by atoms with Crippen LogP contribution in [0.15, 0.2) is 0 Å². The number of amides is 3. The van der Waals surface area contributed by atoms with Crippen molar-refractivity contribution in [2.45, 2.75) is 75.9 Å². The second kappa shape index (κ2) is 12.2. The lowest BCUT2D eigenvalue weighted by atomic mass is 10.1. The summed E-state index contributed by atoms with van der Waals surface area (Å²) in [5.74, 6) is -5.21. The van der Waals surface area contributed by atoms with E-state index in [0.29, 0.717) is 13.0 Å². The molecule has 0 aliphatic carbocycles. The van der Waals surface area contributed by atoms with Crippen LogP contribution in [-0.2, 0) is 24.0 Å². The molecule has 3 amide bonds. The Morgan fingerprint density at radius 3 is 1.97 bits per heavy atom. The van der Waals surface area contributed by atoms with Gasteiger partial charge in [0.15, 0.2) is 6.04 Å². The van der Waals surface area contributed by atoms with Gasteiger partial charge in [-0.3, -0.25) is 19.2 Å². The molecule has 13 heteroatoms. The van der Waals surface area contributed by atoms with Crippen LogP contribution in [0.5, 0.6) is 0 Å². The first-order valence-electron chi connectivity index (χ1n) is 9.89. The Hall–Kier alpha value is -2.77. The van der Waals surface area contributed by atoms with Crippen molar-refractivity contribution < 1.29 is 44.4 Å². The standard InChI is InChI=1S/C18H30N4O9/c1-8(23)13(17(29)22-14(9(2)24)18(30)31)21-16(28)11(5-6-12(25)26)20-15(27)10-4-3-7-19-10/h8-11,13-14,19,23-24H,3-7H2,1-2H3,(H,20,27)(H,21,28)(H,22,29)(H,25,26)(H,30,31). The molecule has 0 aromatic rings. The van der Waals surface area contributed by atoms with Gasteiger partial charge in [-0.25, -0.2) is 4.79 Å². The van der Waals surface area contributed by atoms with E-state index in [0.717, 1.165) is 13.3 Å². The first-order chi connectivity index (χ1) is 14.4.